The molecule has 0 aliphatic carbocycles. The highest BCUT2D eigenvalue weighted by Gasteiger charge is 2.18. The van der Waals surface area contributed by atoms with Gasteiger partial charge in [0.25, 0.3) is 0 Å². The molecule has 5 heteroatoms. The summed E-state index contributed by atoms with van der Waals surface area (Å²) >= 11 is 2.04. The summed E-state index contributed by atoms with van der Waals surface area (Å²) in [5.74, 6) is 3.50. The lowest BCUT2D eigenvalue weighted by molar-refractivity contribution is 0.648. The Morgan fingerprint density at radius 1 is 1.47 bits per heavy atom. The third kappa shape index (κ3) is 2.89. The number of nitrogens with two attached hydrogens (primary N) is 1. The van der Waals surface area contributed by atoms with E-state index in [9.17, 15) is 0 Å². The maximum Gasteiger partial charge on any atom is 0.147 e. The summed E-state index contributed by atoms with van der Waals surface area (Å²) in [6, 6.07) is 0.559. The van der Waals surface area contributed by atoms with Crippen LogP contribution in [0.2, 0.25) is 0 Å². The van der Waals surface area contributed by atoms with Crippen LogP contribution < -0.4 is 11.1 Å². The van der Waals surface area contributed by atoms with Crippen LogP contribution in [0.4, 0.5) is 11.5 Å². The molecule has 1 saturated heterocycles. The third-order valence-electron chi connectivity index (χ3n) is 3.21. The van der Waals surface area contributed by atoms with Crippen LogP contribution in [0.3, 0.4) is 0 Å². The van der Waals surface area contributed by atoms with Gasteiger partial charge in [-0.25, -0.2) is 0 Å². The summed E-state index contributed by atoms with van der Waals surface area (Å²) < 4.78 is 1.89. The van der Waals surface area contributed by atoms with Gasteiger partial charge in [-0.1, -0.05) is 13.3 Å². The predicted molar refractivity (Wildman–Crippen MR) is 75.6 cm³/mol. The summed E-state index contributed by atoms with van der Waals surface area (Å²) in [6.45, 7) is 2.15. The van der Waals surface area contributed by atoms with Crippen LogP contribution in [-0.4, -0.2) is 27.3 Å². The van der Waals surface area contributed by atoms with E-state index in [1.807, 2.05) is 23.5 Å². The van der Waals surface area contributed by atoms with Gasteiger partial charge < -0.3 is 11.1 Å². The van der Waals surface area contributed by atoms with Gasteiger partial charge >= 0.3 is 0 Å². The monoisotopic (exact) mass is 254 g/mol. The summed E-state index contributed by atoms with van der Waals surface area (Å²) in [7, 11) is 1.97. The fourth-order valence-electron chi connectivity index (χ4n) is 2.22. The maximum absolute atomic E-state index is 6.16. The first-order valence-corrected chi connectivity index (χ1v) is 7.53. The zero-order chi connectivity index (χ0) is 12.3. The van der Waals surface area contributed by atoms with Crippen LogP contribution in [0, 0.1) is 0 Å². The predicted octanol–water partition coefficient (Wildman–Crippen LogP) is 2.26. The van der Waals surface area contributed by atoms with Gasteiger partial charge in [0.05, 0.1) is 11.4 Å². The van der Waals surface area contributed by atoms with Crippen LogP contribution in [-0.2, 0) is 13.5 Å². The normalized spacial score (nSPS) is 17.3. The van der Waals surface area contributed by atoms with E-state index in [1.165, 1.54) is 24.3 Å². The van der Waals surface area contributed by atoms with Crippen molar-refractivity contribution in [1.82, 2.24) is 9.78 Å². The largest absolute Gasteiger partial charge is 0.394 e. The molecule has 0 atom stereocenters. The van der Waals surface area contributed by atoms with Gasteiger partial charge in [0.1, 0.15) is 5.82 Å². The second kappa shape index (κ2) is 5.67. The Balaban J connectivity index is 2.08. The lowest BCUT2D eigenvalue weighted by Crippen LogP contribution is -2.26. The van der Waals surface area contributed by atoms with E-state index in [4.69, 9.17) is 5.73 Å². The standard InChI is InChI=1S/C12H22N4S/c1-3-4-10-11(13)12(16(2)15-10)14-9-5-7-17-8-6-9/h9,14H,3-8,13H2,1-2H3. The average Bonchev–Trinajstić information content (AvgIpc) is 2.59. The van der Waals surface area contributed by atoms with Gasteiger partial charge in [-0.05, 0) is 30.8 Å². The number of nitrogens with one attached hydrogen (secondary N) is 1. The Kier molecular flexibility index (Phi) is 4.20. The summed E-state index contributed by atoms with van der Waals surface area (Å²) in [5.41, 5.74) is 8.03. The zero-order valence-corrected chi connectivity index (χ0v) is 11.5. The van der Waals surface area contributed by atoms with Gasteiger partial charge in [0, 0.05) is 13.1 Å². The number of thioether (sulfide) groups is 1. The molecule has 17 heavy (non-hydrogen) atoms. The molecule has 1 aromatic rings. The molecule has 0 saturated carbocycles. The minimum absolute atomic E-state index is 0.559. The molecule has 0 aromatic carbocycles. The highest BCUT2D eigenvalue weighted by Crippen LogP contribution is 2.27. The van der Waals surface area contributed by atoms with Gasteiger partial charge in [-0.15, -0.1) is 0 Å². The second-order valence-electron chi connectivity index (χ2n) is 4.61. The molecule has 96 valence electrons. The van der Waals surface area contributed by atoms with E-state index in [1.54, 1.807) is 0 Å². The summed E-state index contributed by atoms with van der Waals surface area (Å²) in [6.07, 6.45) is 4.49. The highest BCUT2D eigenvalue weighted by atomic mass is 32.2. The topological polar surface area (TPSA) is 55.9 Å². The molecule has 4 nitrogen and oxygen atoms in total. The van der Waals surface area contributed by atoms with E-state index >= 15 is 0 Å². The smallest absolute Gasteiger partial charge is 0.147 e. The molecule has 1 fully saturated rings. The molecule has 1 aliphatic heterocycles. The van der Waals surface area contributed by atoms with Crippen LogP contribution >= 0.6 is 11.8 Å². The Hall–Kier alpha value is -0.840. The molecule has 0 bridgehead atoms. The number of hydrogen-bond donors (Lipinski definition) is 2. The lowest BCUT2D eigenvalue weighted by Gasteiger charge is -2.23. The number of aryl methyl sites for hydroxylation is 2. The van der Waals surface area contributed by atoms with Crippen molar-refractivity contribution in [2.24, 2.45) is 7.05 Å². The van der Waals surface area contributed by atoms with Crippen LogP contribution in [0.15, 0.2) is 0 Å². The molecular formula is C12H22N4S. The molecule has 2 heterocycles. The van der Waals surface area contributed by atoms with Crippen molar-refractivity contribution < 1.29 is 0 Å². The number of aromatic nitrogens is 2. The molecule has 1 aliphatic rings. The SMILES string of the molecule is CCCc1nn(C)c(NC2CCSCC2)c1N. The van der Waals surface area contributed by atoms with E-state index in [0.717, 1.165) is 30.0 Å². The fourth-order valence-corrected chi connectivity index (χ4v) is 3.33. The van der Waals surface area contributed by atoms with E-state index in [2.05, 4.69) is 17.3 Å². The molecule has 1 aromatic heterocycles. The van der Waals surface area contributed by atoms with Crippen molar-refractivity contribution in [3.05, 3.63) is 5.69 Å². The maximum atomic E-state index is 6.16. The van der Waals surface area contributed by atoms with E-state index < -0.39 is 0 Å². The Morgan fingerprint density at radius 3 is 2.82 bits per heavy atom. The molecule has 0 unspecified atom stereocenters. The summed E-state index contributed by atoms with van der Waals surface area (Å²) in [4.78, 5) is 0. The Labute approximate surface area is 107 Å². The average molecular weight is 254 g/mol. The number of nitrogen functional groups attached to an aromatic ring is 1. The number of hydrogen-bond acceptors (Lipinski definition) is 4. The minimum atomic E-state index is 0.559. The van der Waals surface area contributed by atoms with Gasteiger partial charge in [0.15, 0.2) is 0 Å². The number of nitrogens with zero attached hydrogens (tertiary/aromatic N) is 2. The lowest BCUT2D eigenvalue weighted by atomic mass is 10.1. The number of rotatable bonds is 4. The fraction of sp³-hybridized carbons (Fsp3) is 0.750. The Morgan fingerprint density at radius 2 is 2.18 bits per heavy atom. The van der Waals surface area contributed by atoms with Crippen molar-refractivity contribution >= 4 is 23.3 Å². The van der Waals surface area contributed by atoms with Crippen molar-refractivity contribution in [2.75, 3.05) is 22.6 Å². The quantitative estimate of drug-likeness (QED) is 0.865. The first-order valence-electron chi connectivity index (χ1n) is 6.38. The van der Waals surface area contributed by atoms with Crippen molar-refractivity contribution in [3.63, 3.8) is 0 Å². The minimum Gasteiger partial charge on any atom is -0.394 e. The van der Waals surface area contributed by atoms with E-state index in [0.29, 0.717) is 6.04 Å². The molecule has 2 rings (SSSR count). The zero-order valence-electron chi connectivity index (χ0n) is 10.7. The van der Waals surface area contributed by atoms with Crippen LogP contribution in [0.1, 0.15) is 31.9 Å². The second-order valence-corrected chi connectivity index (χ2v) is 5.84. The summed E-state index contributed by atoms with van der Waals surface area (Å²) in [5, 5.41) is 8.05. The first-order chi connectivity index (χ1) is 8.22. The Bertz CT molecular complexity index is 369. The highest BCUT2D eigenvalue weighted by molar-refractivity contribution is 7.99. The van der Waals surface area contributed by atoms with E-state index in [-0.39, 0.29) is 0 Å². The van der Waals surface area contributed by atoms with Gasteiger partial charge in [0.2, 0.25) is 0 Å². The van der Waals surface area contributed by atoms with Crippen molar-refractivity contribution in [1.29, 1.82) is 0 Å². The molecule has 3 N–H and O–H groups in total. The third-order valence-corrected chi connectivity index (χ3v) is 4.26. The molecular weight excluding hydrogens is 232 g/mol. The molecule has 0 spiro atoms. The van der Waals surface area contributed by atoms with Crippen molar-refractivity contribution in [2.45, 2.75) is 38.6 Å². The van der Waals surface area contributed by atoms with Crippen LogP contribution in [0.5, 0.6) is 0 Å². The molecule has 0 radical (unpaired) electrons. The van der Waals surface area contributed by atoms with Crippen LogP contribution in [0.25, 0.3) is 0 Å². The molecule has 0 amide bonds. The van der Waals surface area contributed by atoms with Crippen molar-refractivity contribution in [3.8, 4) is 0 Å². The van der Waals surface area contributed by atoms with Gasteiger partial charge in [-0.2, -0.15) is 16.9 Å². The first kappa shape index (κ1) is 12.6. The van der Waals surface area contributed by atoms with Gasteiger partial charge in [-0.3, -0.25) is 4.68 Å². The number of anilines is 2.